The van der Waals surface area contributed by atoms with Gasteiger partial charge in [0.05, 0.1) is 6.54 Å². The number of nitrogens with one attached hydrogen (secondary N) is 1. The molecule has 108 valence electrons. The summed E-state index contributed by atoms with van der Waals surface area (Å²) >= 11 is 1.09. The first-order valence-corrected chi connectivity index (χ1v) is 7.26. The van der Waals surface area contributed by atoms with Gasteiger partial charge < -0.3 is 10.1 Å². The van der Waals surface area contributed by atoms with Crippen LogP contribution >= 0.6 is 11.8 Å². The molecule has 0 aliphatic heterocycles. The maximum Gasteiger partial charge on any atom is 0.407 e. The molecule has 0 aliphatic carbocycles. The van der Waals surface area contributed by atoms with E-state index in [0.29, 0.717) is 0 Å². The highest BCUT2D eigenvalue weighted by molar-refractivity contribution is 8.13. The Morgan fingerprint density at radius 2 is 1.57 bits per heavy atom. The molecule has 0 fully saturated rings. The zero-order valence-electron chi connectivity index (χ0n) is 11.3. The van der Waals surface area contributed by atoms with Crippen molar-refractivity contribution in [3.63, 3.8) is 0 Å². The summed E-state index contributed by atoms with van der Waals surface area (Å²) in [5.41, 5.74) is 0.901. The molecule has 0 aliphatic rings. The van der Waals surface area contributed by atoms with E-state index in [0.717, 1.165) is 22.2 Å². The first-order chi connectivity index (χ1) is 10.2. The van der Waals surface area contributed by atoms with Crippen LogP contribution in [0.3, 0.4) is 0 Å². The number of benzene rings is 2. The maximum atomic E-state index is 11.7. The van der Waals surface area contributed by atoms with Gasteiger partial charge >= 0.3 is 6.09 Å². The standard InChI is InChI=1S/C16H15NO3S/c18-15(21-14-9-5-2-6-10-14)11-17-16(19)20-12-13-7-3-1-4-8-13/h1-10H,11-12H2,(H,17,19). The summed E-state index contributed by atoms with van der Waals surface area (Å²) in [6, 6.07) is 18.7. The number of alkyl carbamates (subject to hydrolysis) is 1. The highest BCUT2D eigenvalue weighted by atomic mass is 32.2. The first kappa shape index (κ1) is 15.1. The molecule has 0 spiro atoms. The van der Waals surface area contributed by atoms with E-state index in [1.54, 1.807) is 0 Å². The molecule has 5 heteroatoms. The molecule has 4 nitrogen and oxygen atoms in total. The van der Waals surface area contributed by atoms with Gasteiger partial charge in [-0.2, -0.15) is 0 Å². The number of hydrogen-bond acceptors (Lipinski definition) is 4. The fraction of sp³-hybridized carbons (Fsp3) is 0.125. The molecular formula is C16H15NO3S. The molecule has 21 heavy (non-hydrogen) atoms. The molecule has 0 bridgehead atoms. The van der Waals surface area contributed by atoms with Gasteiger partial charge in [0.2, 0.25) is 5.12 Å². The molecule has 0 unspecified atom stereocenters. The van der Waals surface area contributed by atoms with Crippen molar-refractivity contribution in [2.24, 2.45) is 0 Å². The molecule has 2 aromatic carbocycles. The van der Waals surface area contributed by atoms with Crippen LogP contribution in [0.4, 0.5) is 4.79 Å². The van der Waals surface area contributed by atoms with Gasteiger partial charge in [0.25, 0.3) is 0 Å². The second-order valence-electron chi connectivity index (χ2n) is 4.20. The Kier molecular flexibility index (Phi) is 5.84. The van der Waals surface area contributed by atoms with Gasteiger partial charge in [0, 0.05) is 4.90 Å². The van der Waals surface area contributed by atoms with Crippen LogP contribution in [0.1, 0.15) is 5.56 Å². The lowest BCUT2D eigenvalue weighted by atomic mass is 10.2. The lowest BCUT2D eigenvalue weighted by molar-refractivity contribution is -0.110. The Labute approximate surface area is 127 Å². The second kappa shape index (κ2) is 8.11. The van der Waals surface area contributed by atoms with Crippen LogP contribution in [0.15, 0.2) is 65.6 Å². The third kappa shape index (κ3) is 5.71. The van der Waals surface area contributed by atoms with Crippen LogP contribution in [-0.4, -0.2) is 17.8 Å². The monoisotopic (exact) mass is 301 g/mol. The van der Waals surface area contributed by atoms with E-state index >= 15 is 0 Å². The fourth-order valence-electron chi connectivity index (χ4n) is 1.57. The fourth-order valence-corrected chi connectivity index (χ4v) is 2.27. The number of thioether (sulfide) groups is 1. The maximum absolute atomic E-state index is 11.7. The van der Waals surface area contributed by atoms with Gasteiger partial charge in [-0.3, -0.25) is 4.79 Å². The summed E-state index contributed by atoms with van der Waals surface area (Å²) in [6.45, 7) is 0.125. The number of carbonyl (C=O) groups is 2. The third-order valence-corrected chi connectivity index (χ3v) is 3.44. The van der Waals surface area contributed by atoms with E-state index in [1.165, 1.54) is 0 Å². The number of rotatable bonds is 5. The van der Waals surface area contributed by atoms with Crippen molar-refractivity contribution in [1.29, 1.82) is 0 Å². The molecule has 0 aromatic heterocycles. The minimum atomic E-state index is -0.596. The second-order valence-corrected chi connectivity index (χ2v) is 5.33. The molecule has 2 aromatic rings. The number of carbonyl (C=O) groups excluding carboxylic acids is 2. The van der Waals surface area contributed by atoms with E-state index in [1.807, 2.05) is 60.7 Å². The number of amides is 1. The van der Waals surface area contributed by atoms with Crippen LogP contribution in [0.5, 0.6) is 0 Å². The van der Waals surface area contributed by atoms with Gasteiger partial charge in [0.15, 0.2) is 0 Å². The first-order valence-electron chi connectivity index (χ1n) is 6.44. The predicted octanol–water partition coefficient (Wildman–Crippen LogP) is 3.23. The van der Waals surface area contributed by atoms with Gasteiger partial charge in [-0.1, -0.05) is 60.3 Å². The van der Waals surface area contributed by atoms with E-state index in [4.69, 9.17) is 4.74 Å². The third-order valence-electron chi connectivity index (χ3n) is 2.56. The molecule has 0 saturated carbocycles. The summed E-state index contributed by atoms with van der Waals surface area (Å²) in [7, 11) is 0. The average Bonchev–Trinajstić information content (AvgIpc) is 2.53. The molecule has 1 amide bonds. The molecule has 0 saturated heterocycles. The van der Waals surface area contributed by atoms with Crippen LogP contribution in [0.25, 0.3) is 0 Å². The zero-order chi connectivity index (χ0) is 14.9. The van der Waals surface area contributed by atoms with Crippen LogP contribution in [0.2, 0.25) is 0 Å². The van der Waals surface area contributed by atoms with Crippen LogP contribution in [0, 0.1) is 0 Å². The highest BCUT2D eigenvalue weighted by Crippen LogP contribution is 2.17. The zero-order valence-corrected chi connectivity index (χ0v) is 12.1. The van der Waals surface area contributed by atoms with E-state index in [9.17, 15) is 9.59 Å². The molecule has 0 heterocycles. The topological polar surface area (TPSA) is 55.4 Å². The van der Waals surface area contributed by atoms with Gasteiger partial charge in [-0.05, 0) is 17.7 Å². The van der Waals surface area contributed by atoms with Crippen molar-refractivity contribution < 1.29 is 14.3 Å². The summed E-state index contributed by atoms with van der Waals surface area (Å²) in [5, 5.41) is 2.30. The summed E-state index contributed by atoms with van der Waals surface area (Å²) in [4.78, 5) is 24.0. The van der Waals surface area contributed by atoms with Crippen molar-refractivity contribution >= 4 is 23.0 Å². The normalized spacial score (nSPS) is 9.90. The van der Waals surface area contributed by atoms with Gasteiger partial charge in [-0.15, -0.1) is 0 Å². The van der Waals surface area contributed by atoms with Crippen molar-refractivity contribution in [3.8, 4) is 0 Å². The minimum absolute atomic E-state index is 0.0623. The van der Waals surface area contributed by atoms with Crippen molar-refractivity contribution in [2.45, 2.75) is 11.5 Å². The van der Waals surface area contributed by atoms with E-state index in [-0.39, 0.29) is 18.3 Å². The Hall–Kier alpha value is -2.27. The average molecular weight is 301 g/mol. The summed E-state index contributed by atoms with van der Waals surface area (Å²) < 4.78 is 5.02. The SMILES string of the molecule is O=C(NCC(=O)Sc1ccccc1)OCc1ccccc1. The minimum Gasteiger partial charge on any atom is -0.445 e. The summed E-state index contributed by atoms with van der Waals surface area (Å²) in [6.07, 6.45) is -0.596. The van der Waals surface area contributed by atoms with Crippen molar-refractivity contribution in [1.82, 2.24) is 5.32 Å². The smallest absolute Gasteiger partial charge is 0.407 e. The predicted molar refractivity (Wildman–Crippen MR) is 81.9 cm³/mol. The molecule has 0 radical (unpaired) electrons. The van der Waals surface area contributed by atoms with Crippen molar-refractivity contribution in [3.05, 3.63) is 66.2 Å². The molecule has 2 rings (SSSR count). The molecule has 0 atom stereocenters. The van der Waals surface area contributed by atoms with Crippen LogP contribution < -0.4 is 5.32 Å². The Bertz CT molecular complexity index is 587. The van der Waals surface area contributed by atoms with Gasteiger partial charge in [-0.25, -0.2) is 4.79 Å². The lowest BCUT2D eigenvalue weighted by Gasteiger charge is -2.06. The van der Waals surface area contributed by atoms with Gasteiger partial charge in [0.1, 0.15) is 6.61 Å². The number of ether oxygens (including phenoxy) is 1. The van der Waals surface area contributed by atoms with Crippen LogP contribution in [-0.2, 0) is 16.1 Å². The Balaban J connectivity index is 1.68. The molecular weight excluding hydrogens is 286 g/mol. The summed E-state index contributed by atoms with van der Waals surface area (Å²) in [5.74, 6) is 0. The largest absolute Gasteiger partial charge is 0.445 e. The molecule has 1 N–H and O–H groups in total. The van der Waals surface area contributed by atoms with E-state index in [2.05, 4.69) is 5.32 Å². The van der Waals surface area contributed by atoms with Crippen molar-refractivity contribution in [2.75, 3.05) is 6.54 Å². The lowest BCUT2D eigenvalue weighted by Crippen LogP contribution is -2.28. The Morgan fingerprint density at radius 3 is 2.24 bits per heavy atom. The number of hydrogen-bond donors (Lipinski definition) is 1. The quantitative estimate of drug-likeness (QED) is 0.861. The van der Waals surface area contributed by atoms with E-state index < -0.39 is 6.09 Å². The highest BCUT2D eigenvalue weighted by Gasteiger charge is 2.08. The Morgan fingerprint density at radius 1 is 0.952 bits per heavy atom.